The molecular weight excluding hydrogens is 323 g/mol. The van der Waals surface area contributed by atoms with Crippen molar-refractivity contribution in [3.8, 4) is 11.4 Å². The van der Waals surface area contributed by atoms with E-state index in [2.05, 4.69) is 29.3 Å². The summed E-state index contributed by atoms with van der Waals surface area (Å²) < 4.78 is 18.2. The Balaban J connectivity index is 1.51. The molecule has 134 valence electrons. The van der Waals surface area contributed by atoms with Crippen LogP contribution < -0.4 is 5.32 Å². The van der Waals surface area contributed by atoms with Gasteiger partial charge in [-0.1, -0.05) is 5.16 Å². The molecule has 1 aliphatic rings. The molecule has 1 amide bonds. The summed E-state index contributed by atoms with van der Waals surface area (Å²) >= 11 is 0. The number of rotatable bonds is 5. The average Bonchev–Trinajstić information content (AvgIpc) is 3.07. The SMILES string of the molecule is CC1NCCN(C(=O)CCCc2nc(-c3ccc(F)cc3)no2)C1C. The second-order valence-electron chi connectivity index (χ2n) is 6.44. The first-order chi connectivity index (χ1) is 12.0. The van der Waals surface area contributed by atoms with E-state index in [9.17, 15) is 9.18 Å². The largest absolute Gasteiger partial charge is 0.339 e. The monoisotopic (exact) mass is 346 g/mol. The minimum atomic E-state index is -0.303. The zero-order valence-electron chi connectivity index (χ0n) is 14.5. The Labute approximate surface area is 146 Å². The molecule has 6 nitrogen and oxygen atoms in total. The number of nitrogens with zero attached hydrogens (tertiary/aromatic N) is 3. The second-order valence-corrected chi connectivity index (χ2v) is 6.44. The normalized spacial score (nSPS) is 20.7. The Morgan fingerprint density at radius 3 is 2.88 bits per heavy atom. The first kappa shape index (κ1) is 17.5. The summed E-state index contributed by atoms with van der Waals surface area (Å²) in [6.45, 7) is 5.75. The maximum atomic E-state index is 13.0. The summed E-state index contributed by atoms with van der Waals surface area (Å²) in [5.74, 6) is 0.793. The number of halogens is 1. The third-order valence-electron chi connectivity index (χ3n) is 4.71. The number of carbonyl (C=O) groups excluding carboxylic acids is 1. The Morgan fingerprint density at radius 1 is 1.36 bits per heavy atom. The van der Waals surface area contributed by atoms with Crippen LogP contribution in [0.4, 0.5) is 4.39 Å². The van der Waals surface area contributed by atoms with E-state index in [4.69, 9.17) is 4.52 Å². The maximum absolute atomic E-state index is 13.0. The predicted octanol–water partition coefficient (Wildman–Crippen LogP) is 2.41. The standard InChI is InChI=1S/C18H23FN4O2/c1-12-13(2)23(11-10-20-12)17(24)5-3-4-16-21-18(22-25-16)14-6-8-15(19)9-7-14/h6-9,12-13,20H,3-5,10-11H2,1-2H3. The van der Waals surface area contributed by atoms with Gasteiger partial charge < -0.3 is 14.7 Å². The molecule has 3 rings (SSSR count). The van der Waals surface area contributed by atoms with E-state index in [-0.39, 0.29) is 17.8 Å². The van der Waals surface area contributed by atoms with E-state index in [1.54, 1.807) is 12.1 Å². The van der Waals surface area contributed by atoms with Gasteiger partial charge in [0.05, 0.1) is 0 Å². The minimum absolute atomic E-state index is 0.166. The molecule has 25 heavy (non-hydrogen) atoms. The summed E-state index contributed by atoms with van der Waals surface area (Å²) in [5.41, 5.74) is 0.705. The van der Waals surface area contributed by atoms with Gasteiger partial charge in [-0.3, -0.25) is 4.79 Å². The molecule has 0 bridgehead atoms. The van der Waals surface area contributed by atoms with Crippen molar-refractivity contribution in [2.24, 2.45) is 0 Å². The van der Waals surface area contributed by atoms with Crippen LogP contribution in [0.1, 0.15) is 32.6 Å². The molecule has 1 fully saturated rings. The number of hydrogen-bond donors (Lipinski definition) is 1. The van der Waals surface area contributed by atoms with Crippen molar-refractivity contribution in [3.05, 3.63) is 36.0 Å². The van der Waals surface area contributed by atoms with Crippen LogP contribution in [0.5, 0.6) is 0 Å². The lowest BCUT2D eigenvalue weighted by Gasteiger charge is -2.38. The molecule has 0 spiro atoms. The van der Waals surface area contributed by atoms with Crippen molar-refractivity contribution in [2.45, 2.75) is 45.2 Å². The topological polar surface area (TPSA) is 71.3 Å². The van der Waals surface area contributed by atoms with E-state index in [0.29, 0.717) is 42.6 Å². The number of amides is 1. The molecule has 0 aliphatic carbocycles. The lowest BCUT2D eigenvalue weighted by atomic mass is 10.1. The molecule has 2 heterocycles. The van der Waals surface area contributed by atoms with Crippen molar-refractivity contribution in [1.29, 1.82) is 0 Å². The van der Waals surface area contributed by atoms with Crippen LogP contribution in [0, 0.1) is 5.82 Å². The zero-order chi connectivity index (χ0) is 17.8. The van der Waals surface area contributed by atoms with Crippen molar-refractivity contribution in [1.82, 2.24) is 20.4 Å². The van der Waals surface area contributed by atoms with Gasteiger partial charge in [0.15, 0.2) is 0 Å². The average molecular weight is 346 g/mol. The van der Waals surface area contributed by atoms with Crippen LogP contribution in [0.25, 0.3) is 11.4 Å². The van der Waals surface area contributed by atoms with Crippen molar-refractivity contribution < 1.29 is 13.7 Å². The molecule has 1 saturated heterocycles. The van der Waals surface area contributed by atoms with Gasteiger partial charge in [0.1, 0.15) is 5.82 Å². The fraction of sp³-hybridized carbons (Fsp3) is 0.500. The molecular formula is C18H23FN4O2. The highest BCUT2D eigenvalue weighted by Gasteiger charge is 2.27. The van der Waals surface area contributed by atoms with Gasteiger partial charge in [-0.15, -0.1) is 0 Å². The number of aryl methyl sites for hydroxylation is 1. The molecule has 2 unspecified atom stereocenters. The molecule has 1 aromatic carbocycles. The molecule has 2 aromatic rings. The van der Waals surface area contributed by atoms with Gasteiger partial charge in [-0.05, 0) is 44.5 Å². The molecule has 0 saturated carbocycles. The third-order valence-corrected chi connectivity index (χ3v) is 4.71. The molecule has 1 aromatic heterocycles. The number of carbonyl (C=O) groups is 1. The summed E-state index contributed by atoms with van der Waals surface area (Å²) in [6.07, 6.45) is 1.68. The zero-order valence-corrected chi connectivity index (χ0v) is 14.5. The third kappa shape index (κ3) is 4.22. The van der Waals surface area contributed by atoms with E-state index in [1.165, 1.54) is 12.1 Å². The number of nitrogens with one attached hydrogen (secondary N) is 1. The van der Waals surface area contributed by atoms with E-state index in [0.717, 1.165) is 13.1 Å². The van der Waals surface area contributed by atoms with Crippen LogP contribution in [0.2, 0.25) is 0 Å². The predicted molar refractivity (Wildman–Crippen MR) is 91.3 cm³/mol. The van der Waals surface area contributed by atoms with Crippen LogP contribution in [-0.2, 0) is 11.2 Å². The molecule has 1 aliphatic heterocycles. The highest BCUT2D eigenvalue weighted by atomic mass is 19.1. The van der Waals surface area contributed by atoms with Gasteiger partial charge in [-0.2, -0.15) is 4.98 Å². The van der Waals surface area contributed by atoms with Crippen molar-refractivity contribution in [2.75, 3.05) is 13.1 Å². The maximum Gasteiger partial charge on any atom is 0.226 e. The molecule has 7 heteroatoms. The van der Waals surface area contributed by atoms with E-state index in [1.807, 2.05) is 4.90 Å². The van der Waals surface area contributed by atoms with Gasteiger partial charge in [0, 0.05) is 43.6 Å². The van der Waals surface area contributed by atoms with E-state index >= 15 is 0 Å². The molecule has 1 N–H and O–H groups in total. The Kier molecular flexibility index (Phi) is 5.43. The number of piperazine rings is 1. The Hall–Kier alpha value is -2.28. The molecule has 2 atom stereocenters. The lowest BCUT2D eigenvalue weighted by molar-refractivity contribution is -0.134. The van der Waals surface area contributed by atoms with Crippen molar-refractivity contribution >= 4 is 5.91 Å². The Morgan fingerprint density at radius 2 is 2.12 bits per heavy atom. The van der Waals surface area contributed by atoms with Gasteiger partial charge >= 0.3 is 0 Å². The highest BCUT2D eigenvalue weighted by molar-refractivity contribution is 5.76. The van der Waals surface area contributed by atoms with Crippen LogP contribution >= 0.6 is 0 Å². The van der Waals surface area contributed by atoms with Gasteiger partial charge in [-0.25, -0.2) is 4.39 Å². The minimum Gasteiger partial charge on any atom is -0.339 e. The Bertz CT molecular complexity index is 716. The second kappa shape index (κ2) is 7.74. The molecule has 0 radical (unpaired) electrons. The fourth-order valence-corrected chi connectivity index (χ4v) is 3.02. The fourth-order valence-electron chi connectivity index (χ4n) is 3.02. The lowest BCUT2D eigenvalue weighted by Crippen LogP contribution is -2.57. The van der Waals surface area contributed by atoms with Crippen LogP contribution in [0.3, 0.4) is 0 Å². The van der Waals surface area contributed by atoms with Crippen LogP contribution in [-0.4, -0.2) is 46.1 Å². The highest BCUT2D eigenvalue weighted by Crippen LogP contribution is 2.17. The summed E-state index contributed by atoms with van der Waals surface area (Å²) in [7, 11) is 0. The first-order valence-electron chi connectivity index (χ1n) is 8.66. The quantitative estimate of drug-likeness (QED) is 0.900. The number of hydrogen-bond acceptors (Lipinski definition) is 5. The van der Waals surface area contributed by atoms with Gasteiger partial charge in [0.25, 0.3) is 0 Å². The van der Waals surface area contributed by atoms with Crippen LogP contribution in [0.15, 0.2) is 28.8 Å². The smallest absolute Gasteiger partial charge is 0.226 e. The number of aromatic nitrogens is 2. The summed E-state index contributed by atoms with van der Waals surface area (Å²) in [5, 5.41) is 7.28. The number of benzene rings is 1. The summed E-state index contributed by atoms with van der Waals surface area (Å²) in [6, 6.07) is 6.46. The first-order valence-corrected chi connectivity index (χ1v) is 8.66. The van der Waals surface area contributed by atoms with Crippen molar-refractivity contribution in [3.63, 3.8) is 0 Å². The van der Waals surface area contributed by atoms with E-state index < -0.39 is 0 Å². The summed E-state index contributed by atoms with van der Waals surface area (Å²) in [4.78, 5) is 18.7. The van der Waals surface area contributed by atoms with Gasteiger partial charge in [0.2, 0.25) is 17.6 Å².